The van der Waals surface area contributed by atoms with Crippen LogP contribution in [0, 0.1) is 5.92 Å². The van der Waals surface area contributed by atoms with Crippen LogP contribution in [0.15, 0.2) is 54.6 Å². The third-order valence-electron chi connectivity index (χ3n) is 3.85. The van der Waals surface area contributed by atoms with Crippen LogP contribution in [0.25, 0.3) is 0 Å². The molecule has 0 aliphatic rings. The van der Waals surface area contributed by atoms with Crippen molar-refractivity contribution in [2.75, 3.05) is 7.11 Å². The van der Waals surface area contributed by atoms with Crippen LogP contribution in [0.3, 0.4) is 0 Å². The van der Waals surface area contributed by atoms with Crippen LogP contribution < -0.4 is 10.1 Å². The highest BCUT2D eigenvalue weighted by molar-refractivity contribution is 5.30. The van der Waals surface area contributed by atoms with Gasteiger partial charge < -0.3 is 10.1 Å². The molecule has 0 spiro atoms. The van der Waals surface area contributed by atoms with Crippen LogP contribution >= 0.6 is 0 Å². The van der Waals surface area contributed by atoms with E-state index < -0.39 is 0 Å². The zero-order chi connectivity index (χ0) is 15.2. The Kier molecular flexibility index (Phi) is 5.40. The van der Waals surface area contributed by atoms with Crippen molar-refractivity contribution >= 4 is 0 Å². The molecule has 2 heteroatoms. The van der Waals surface area contributed by atoms with Gasteiger partial charge in [-0.25, -0.2) is 0 Å². The molecule has 0 bridgehead atoms. The van der Waals surface area contributed by atoms with E-state index in [-0.39, 0.29) is 6.04 Å². The average Bonchev–Trinajstić information content (AvgIpc) is 2.53. The van der Waals surface area contributed by atoms with Gasteiger partial charge in [0.2, 0.25) is 0 Å². The van der Waals surface area contributed by atoms with Gasteiger partial charge in [0.25, 0.3) is 0 Å². The number of benzene rings is 2. The van der Waals surface area contributed by atoms with Crippen molar-refractivity contribution < 1.29 is 4.74 Å². The Labute approximate surface area is 128 Å². The third kappa shape index (κ3) is 4.08. The SMILES string of the molecule is COc1cccc(C(C)NC(c2ccccc2)C(C)C)c1. The highest BCUT2D eigenvalue weighted by Gasteiger charge is 2.18. The summed E-state index contributed by atoms with van der Waals surface area (Å²) < 4.78 is 5.31. The lowest BCUT2D eigenvalue weighted by Crippen LogP contribution is -2.28. The Bertz CT molecular complexity index is 551. The van der Waals surface area contributed by atoms with Crippen molar-refractivity contribution in [3.8, 4) is 5.75 Å². The quantitative estimate of drug-likeness (QED) is 0.826. The first-order chi connectivity index (χ1) is 10.1. The zero-order valence-electron chi connectivity index (χ0n) is 13.3. The summed E-state index contributed by atoms with van der Waals surface area (Å²) in [6, 6.07) is 19.5. The van der Waals surface area contributed by atoms with E-state index in [0.29, 0.717) is 12.0 Å². The maximum atomic E-state index is 5.31. The lowest BCUT2D eigenvalue weighted by Gasteiger charge is -2.27. The molecule has 0 aliphatic heterocycles. The zero-order valence-corrected chi connectivity index (χ0v) is 13.3. The smallest absolute Gasteiger partial charge is 0.119 e. The second kappa shape index (κ2) is 7.28. The number of nitrogens with one attached hydrogen (secondary N) is 1. The topological polar surface area (TPSA) is 21.3 Å². The number of hydrogen-bond donors (Lipinski definition) is 1. The largest absolute Gasteiger partial charge is 0.497 e. The van der Waals surface area contributed by atoms with Gasteiger partial charge in [0.1, 0.15) is 5.75 Å². The molecule has 0 radical (unpaired) electrons. The highest BCUT2D eigenvalue weighted by Crippen LogP contribution is 2.26. The molecule has 21 heavy (non-hydrogen) atoms. The number of rotatable bonds is 6. The van der Waals surface area contributed by atoms with Crippen molar-refractivity contribution in [3.05, 3.63) is 65.7 Å². The molecule has 0 aromatic heterocycles. The average molecular weight is 283 g/mol. The van der Waals surface area contributed by atoms with Gasteiger partial charge in [-0.2, -0.15) is 0 Å². The Morgan fingerprint density at radius 1 is 0.857 bits per heavy atom. The van der Waals surface area contributed by atoms with Gasteiger partial charge in [-0.3, -0.25) is 0 Å². The van der Waals surface area contributed by atoms with Crippen molar-refractivity contribution in [1.29, 1.82) is 0 Å². The molecule has 2 nitrogen and oxygen atoms in total. The van der Waals surface area contributed by atoms with Crippen LogP contribution in [-0.2, 0) is 0 Å². The second-order valence-corrected chi connectivity index (χ2v) is 5.80. The summed E-state index contributed by atoms with van der Waals surface area (Å²) in [6.07, 6.45) is 0. The third-order valence-corrected chi connectivity index (χ3v) is 3.85. The predicted octanol–water partition coefficient (Wildman–Crippen LogP) is 4.74. The molecule has 0 heterocycles. The van der Waals surface area contributed by atoms with Gasteiger partial charge in [0, 0.05) is 12.1 Å². The molecule has 1 N–H and O–H groups in total. The molecule has 0 saturated carbocycles. The molecule has 2 unspecified atom stereocenters. The fourth-order valence-electron chi connectivity index (χ4n) is 2.61. The van der Waals surface area contributed by atoms with Gasteiger partial charge in [-0.15, -0.1) is 0 Å². The number of hydrogen-bond acceptors (Lipinski definition) is 2. The lowest BCUT2D eigenvalue weighted by atomic mass is 9.94. The lowest BCUT2D eigenvalue weighted by molar-refractivity contribution is 0.372. The molecular formula is C19H25NO. The van der Waals surface area contributed by atoms with E-state index in [1.54, 1.807) is 7.11 Å². The fraction of sp³-hybridized carbons (Fsp3) is 0.368. The van der Waals surface area contributed by atoms with Crippen LogP contribution in [-0.4, -0.2) is 7.11 Å². The van der Waals surface area contributed by atoms with E-state index >= 15 is 0 Å². The first-order valence-electron chi connectivity index (χ1n) is 7.56. The van der Waals surface area contributed by atoms with Crippen LogP contribution in [0.2, 0.25) is 0 Å². The Hall–Kier alpha value is -1.80. The van der Waals surface area contributed by atoms with Crippen molar-refractivity contribution in [2.45, 2.75) is 32.9 Å². The van der Waals surface area contributed by atoms with E-state index in [2.05, 4.69) is 68.6 Å². The molecule has 2 aromatic rings. The first-order valence-corrected chi connectivity index (χ1v) is 7.56. The molecular weight excluding hydrogens is 258 g/mol. The monoisotopic (exact) mass is 283 g/mol. The van der Waals surface area contributed by atoms with Gasteiger partial charge in [0.05, 0.1) is 7.11 Å². The van der Waals surface area contributed by atoms with Gasteiger partial charge in [-0.1, -0.05) is 56.3 Å². The predicted molar refractivity (Wildman–Crippen MR) is 88.6 cm³/mol. The van der Waals surface area contributed by atoms with E-state index in [4.69, 9.17) is 4.74 Å². The first kappa shape index (κ1) is 15.6. The molecule has 0 aliphatic carbocycles. The minimum atomic E-state index is 0.271. The summed E-state index contributed by atoms with van der Waals surface area (Å²) in [5.41, 5.74) is 2.58. The van der Waals surface area contributed by atoms with E-state index in [1.807, 2.05) is 12.1 Å². The minimum Gasteiger partial charge on any atom is -0.497 e. The van der Waals surface area contributed by atoms with Crippen LogP contribution in [0.1, 0.15) is 44.0 Å². The van der Waals surface area contributed by atoms with Crippen molar-refractivity contribution in [1.82, 2.24) is 5.32 Å². The van der Waals surface area contributed by atoms with Crippen molar-refractivity contribution in [3.63, 3.8) is 0 Å². The summed E-state index contributed by atoms with van der Waals surface area (Å²) in [6.45, 7) is 6.71. The van der Waals surface area contributed by atoms with Gasteiger partial charge in [0.15, 0.2) is 0 Å². The van der Waals surface area contributed by atoms with E-state index in [0.717, 1.165) is 5.75 Å². The summed E-state index contributed by atoms with van der Waals surface area (Å²) in [7, 11) is 1.71. The van der Waals surface area contributed by atoms with Crippen molar-refractivity contribution in [2.24, 2.45) is 5.92 Å². The maximum absolute atomic E-state index is 5.31. The molecule has 0 fully saturated rings. The van der Waals surface area contributed by atoms with Gasteiger partial charge >= 0.3 is 0 Å². The molecule has 0 saturated heterocycles. The highest BCUT2D eigenvalue weighted by atomic mass is 16.5. The summed E-state index contributed by atoms with van der Waals surface area (Å²) in [5, 5.41) is 3.74. The number of methoxy groups -OCH3 is 1. The fourth-order valence-corrected chi connectivity index (χ4v) is 2.61. The molecule has 0 amide bonds. The standard InChI is InChI=1S/C19H25NO/c1-14(2)19(16-9-6-5-7-10-16)20-15(3)17-11-8-12-18(13-17)21-4/h5-15,19-20H,1-4H3. The van der Waals surface area contributed by atoms with Crippen LogP contribution in [0.5, 0.6) is 5.75 Å². The molecule has 2 atom stereocenters. The Morgan fingerprint density at radius 2 is 1.52 bits per heavy atom. The molecule has 2 rings (SSSR count). The van der Waals surface area contributed by atoms with E-state index in [9.17, 15) is 0 Å². The molecule has 2 aromatic carbocycles. The second-order valence-electron chi connectivity index (χ2n) is 5.80. The normalized spacial score (nSPS) is 14.0. The summed E-state index contributed by atoms with van der Waals surface area (Å²) >= 11 is 0. The number of ether oxygens (including phenoxy) is 1. The maximum Gasteiger partial charge on any atom is 0.119 e. The van der Waals surface area contributed by atoms with Gasteiger partial charge in [-0.05, 0) is 36.1 Å². The van der Waals surface area contributed by atoms with Crippen LogP contribution in [0.4, 0.5) is 0 Å². The Morgan fingerprint density at radius 3 is 2.14 bits per heavy atom. The summed E-state index contributed by atoms with van der Waals surface area (Å²) in [4.78, 5) is 0. The summed E-state index contributed by atoms with van der Waals surface area (Å²) in [5.74, 6) is 1.43. The molecule has 112 valence electrons. The minimum absolute atomic E-state index is 0.271. The Balaban J connectivity index is 2.16. The van der Waals surface area contributed by atoms with E-state index in [1.165, 1.54) is 11.1 Å².